The lowest BCUT2D eigenvalue weighted by molar-refractivity contribution is 0.176. The highest BCUT2D eigenvalue weighted by atomic mass is 19.1. The number of rotatable bonds is 5. The number of ether oxygens (including phenoxy) is 1. The van der Waals surface area contributed by atoms with Gasteiger partial charge >= 0.3 is 0 Å². The van der Waals surface area contributed by atoms with Crippen molar-refractivity contribution in [3.63, 3.8) is 0 Å². The molecular weight excluding hydrogens is 411 g/mol. The minimum absolute atomic E-state index is 0.0641. The van der Waals surface area contributed by atoms with Crippen LogP contribution in [-0.2, 0) is 0 Å². The first-order valence-corrected chi connectivity index (χ1v) is 10.7. The molecule has 2 aliphatic heterocycles. The molecule has 0 radical (unpaired) electrons. The van der Waals surface area contributed by atoms with E-state index in [1.165, 1.54) is 13.4 Å². The molecule has 0 unspecified atom stereocenters. The topological polar surface area (TPSA) is 96.3 Å². The fourth-order valence-electron chi connectivity index (χ4n) is 4.68. The Kier molecular flexibility index (Phi) is 5.34. The first kappa shape index (κ1) is 20.6. The molecule has 2 aliphatic rings. The van der Waals surface area contributed by atoms with Gasteiger partial charge in [-0.3, -0.25) is 4.98 Å². The van der Waals surface area contributed by atoms with Crippen molar-refractivity contribution in [2.24, 2.45) is 0 Å². The number of nitrogens with zero attached hydrogens (tertiary/aromatic N) is 5. The Morgan fingerprint density at radius 3 is 2.72 bits per heavy atom. The Morgan fingerprint density at radius 2 is 1.97 bits per heavy atom. The van der Waals surface area contributed by atoms with Crippen LogP contribution in [-0.4, -0.2) is 63.5 Å². The summed E-state index contributed by atoms with van der Waals surface area (Å²) in [7, 11) is 3.41. The van der Waals surface area contributed by atoms with Crippen LogP contribution in [0.15, 0.2) is 43.0 Å². The van der Waals surface area contributed by atoms with Crippen molar-refractivity contribution in [2.45, 2.75) is 43.6 Å². The lowest BCUT2D eigenvalue weighted by Crippen LogP contribution is -2.55. The third-order valence-corrected chi connectivity index (χ3v) is 6.47. The van der Waals surface area contributed by atoms with E-state index in [0.29, 0.717) is 34.7 Å². The number of hydrogen-bond acceptors (Lipinski definition) is 8. The van der Waals surface area contributed by atoms with E-state index < -0.39 is 6.17 Å². The van der Waals surface area contributed by atoms with Crippen LogP contribution in [0, 0.1) is 0 Å². The third kappa shape index (κ3) is 3.73. The first-order valence-electron chi connectivity index (χ1n) is 10.7. The summed E-state index contributed by atoms with van der Waals surface area (Å²) in [5, 5.41) is 14.0. The van der Waals surface area contributed by atoms with E-state index in [2.05, 4.69) is 25.3 Å². The number of phenolic OH excluding ortho intramolecular Hbond substituents is 1. The number of alkyl halides is 1. The molecular formula is C23H25FN6O2. The molecule has 0 aliphatic carbocycles. The predicted octanol–water partition coefficient (Wildman–Crippen LogP) is 2.98. The third-order valence-electron chi connectivity index (χ3n) is 6.47. The second-order valence-corrected chi connectivity index (χ2v) is 8.34. The summed E-state index contributed by atoms with van der Waals surface area (Å²) >= 11 is 0. The number of methoxy groups -OCH3 is 1. The van der Waals surface area contributed by atoms with E-state index in [-0.39, 0.29) is 17.8 Å². The van der Waals surface area contributed by atoms with E-state index in [1.807, 2.05) is 18.0 Å². The number of halogens is 1. The van der Waals surface area contributed by atoms with Crippen LogP contribution in [0.4, 0.5) is 10.2 Å². The highest BCUT2D eigenvalue weighted by Gasteiger charge is 2.43. The molecule has 2 N–H and O–H groups in total. The average molecular weight is 436 g/mol. The van der Waals surface area contributed by atoms with Gasteiger partial charge in [-0.05, 0) is 31.4 Å². The van der Waals surface area contributed by atoms with Gasteiger partial charge in [-0.15, -0.1) is 0 Å². The monoisotopic (exact) mass is 436 g/mol. The summed E-state index contributed by atoms with van der Waals surface area (Å²) in [6.07, 6.45) is 6.39. The standard InChI is InChI=1S/C23H25FN6O2/c1-30(19-8-14-4-6-16(29-14)23(19)24)21-11-25-18(10-26-21)15-5-3-13(7-20(15)31)17-9-22(32-2)28-12-27-17/h3,5,7,9-12,14,16,19,23,29,31H,4,6,8H2,1-2H3/t14-,16+,19-,23+/m1/s1. The second-order valence-electron chi connectivity index (χ2n) is 8.34. The van der Waals surface area contributed by atoms with E-state index in [9.17, 15) is 9.50 Å². The number of anilines is 1. The lowest BCUT2D eigenvalue weighted by atomic mass is 9.96. The zero-order chi connectivity index (χ0) is 22.2. The number of aromatic nitrogens is 4. The normalized spacial score (nSPS) is 24.3. The van der Waals surface area contributed by atoms with Crippen molar-refractivity contribution in [3.8, 4) is 34.1 Å². The fourth-order valence-corrected chi connectivity index (χ4v) is 4.68. The molecule has 2 bridgehead atoms. The molecule has 1 aromatic carbocycles. The molecule has 0 amide bonds. The minimum Gasteiger partial charge on any atom is -0.507 e. The van der Waals surface area contributed by atoms with Crippen LogP contribution in [0.3, 0.4) is 0 Å². The molecule has 2 aromatic heterocycles. The summed E-state index contributed by atoms with van der Waals surface area (Å²) in [5.74, 6) is 1.13. The summed E-state index contributed by atoms with van der Waals surface area (Å²) in [6, 6.07) is 7.02. The first-order chi connectivity index (χ1) is 15.5. The molecule has 2 fully saturated rings. The second kappa shape index (κ2) is 8.31. The SMILES string of the molecule is COc1cc(-c2ccc(-c3cnc(N(C)[C@@H]4C[C@H]5CC[C@H](N5)[C@@H]4F)cn3)c(O)c2)ncn1. The van der Waals surface area contributed by atoms with Crippen LogP contribution in [0.5, 0.6) is 11.6 Å². The number of phenols is 1. The fraction of sp³-hybridized carbons (Fsp3) is 0.391. The summed E-state index contributed by atoms with van der Waals surface area (Å²) < 4.78 is 20.0. The van der Waals surface area contributed by atoms with Gasteiger partial charge in [0, 0.05) is 36.3 Å². The largest absolute Gasteiger partial charge is 0.507 e. The maximum absolute atomic E-state index is 14.9. The van der Waals surface area contributed by atoms with Gasteiger partial charge in [-0.2, -0.15) is 0 Å². The van der Waals surface area contributed by atoms with Crippen molar-refractivity contribution in [3.05, 3.63) is 43.0 Å². The minimum atomic E-state index is -0.933. The summed E-state index contributed by atoms with van der Waals surface area (Å²) in [6.45, 7) is 0. The maximum atomic E-state index is 14.9. The quantitative estimate of drug-likeness (QED) is 0.630. The predicted molar refractivity (Wildman–Crippen MR) is 118 cm³/mol. The highest BCUT2D eigenvalue weighted by molar-refractivity contribution is 5.73. The Morgan fingerprint density at radius 1 is 1.09 bits per heavy atom. The van der Waals surface area contributed by atoms with Gasteiger partial charge in [0.25, 0.3) is 0 Å². The van der Waals surface area contributed by atoms with Gasteiger partial charge in [0.1, 0.15) is 24.1 Å². The average Bonchev–Trinajstić information content (AvgIpc) is 3.24. The highest BCUT2D eigenvalue weighted by Crippen LogP contribution is 2.35. The summed E-state index contributed by atoms with van der Waals surface area (Å²) in [4.78, 5) is 19.1. The van der Waals surface area contributed by atoms with Gasteiger partial charge < -0.3 is 20.1 Å². The Hall–Kier alpha value is -3.33. The molecule has 5 rings (SSSR count). The molecule has 166 valence electrons. The van der Waals surface area contributed by atoms with Crippen molar-refractivity contribution >= 4 is 5.82 Å². The molecule has 0 spiro atoms. The van der Waals surface area contributed by atoms with Crippen molar-refractivity contribution in [1.29, 1.82) is 0 Å². The van der Waals surface area contributed by atoms with Crippen LogP contribution < -0.4 is 15.0 Å². The number of nitrogens with one attached hydrogen (secondary N) is 1. The van der Waals surface area contributed by atoms with E-state index in [1.54, 1.807) is 30.6 Å². The van der Waals surface area contributed by atoms with E-state index in [0.717, 1.165) is 24.8 Å². The Bertz CT molecular complexity index is 1110. The van der Waals surface area contributed by atoms with Crippen LogP contribution >= 0.6 is 0 Å². The van der Waals surface area contributed by atoms with Gasteiger partial charge in [0.2, 0.25) is 5.88 Å². The molecule has 0 saturated carbocycles. The Balaban J connectivity index is 1.35. The van der Waals surface area contributed by atoms with Crippen molar-refractivity contribution < 1.29 is 14.2 Å². The number of fused-ring (bicyclic) bond motifs is 2. The molecule has 32 heavy (non-hydrogen) atoms. The molecule has 3 aromatic rings. The molecule has 9 heteroatoms. The van der Waals surface area contributed by atoms with Crippen molar-refractivity contribution in [1.82, 2.24) is 25.3 Å². The number of aromatic hydroxyl groups is 1. The summed E-state index contributed by atoms with van der Waals surface area (Å²) in [5.41, 5.74) is 2.46. The van der Waals surface area contributed by atoms with Crippen LogP contribution in [0.25, 0.3) is 22.5 Å². The number of piperidine rings is 1. The zero-order valence-corrected chi connectivity index (χ0v) is 17.9. The number of hydrogen-bond donors (Lipinski definition) is 2. The molecule has 4 heterocycles. The van der Waals surface area contributed by atoms with E-state index >= 15 is 0 Å². The van der Waals surface area contributed by atoms with Gasteiger partial charge in [-0.25, -0.2) is 19.3 Å². The van der Waals surface area contributed by atoms with E-state index in [4.69, 9.17) is 4.74 Å². The molecule has 8 nitrogen and oxygen atoms in total. The number of benzene rings is 1. The molecule has 4 atom stereocenters. The van der Waals surface area contributed by atoms with Gasteiger partial charge in [-0.1, -0.05) is 6.07 Å². The van der Waals surface area contributed by atoms with Crippen LogP contribution in [0.1, 0.15) is 19.3 Å². The molecule has 2 saturated heterocycles. The van der Waals surface area contributed by atoms with Gasteiger partial charge in [0.15, 0.2) is 0 Å². The zero-order valence-electron chi connectivity index (χ0n) is 17.9. The van der Waals surface area contributed by atoms with Crippen LogP contribution in [0.2, 0.25) is 0 Å². The van der Waals surface area contributed by atoms with Gasteiger partial charge in [0.05, 0.1) is 36.9 Å². The maximum Gasteiger partial charge on any atom is 0.216 e. The smallest absolute Gasteiger partial charge is 0.216 e. The van der Waals surface area contributed by atoms with Crippen molar-refractivity contribution in [2.75, 3.05) is 19.1 Å². The Labute approximate surface area is 185 Å². The lowest BCUT2D eigenvalue weighted by Gasteiger charge is -2.38.